The van der Waals surface area contributed by atoms with Gasteiger partial charge in [-0.3, -0.25) is 0 Å². The topological polar surface area (TPSA) is 12.0 Å². The summed E-state index contributed by atoms with van der Waals surface area (Å²) in [5.74, 6) is 2.65. The maximum atomic E-state index is 3.82. The van der Waals surface area contributed by atoms with E-state index in [9.17, 15) is 0 Å². The maximum Gasteiger partial charge on any atom is 0.0317 e. The molecule has 3 unspecified atom stereocenters. The van der Waals surface area contributed by atoms with Crippen LogP contribution in [0.3, 0.4) is 0 Å². The van der Waals surface area contributed by atoms with Crippen LogP contribution >= 0.6 is 23.5 Å². The Morgan fingerprint density at radius 1 is 1.41 bits per heavy atom. The first-order chi connectivity index (χ1) is 8.29. The molecule has 0 amide bonds. The second-order valence-corrected chi connectivity index (χ2v) is 7.46. The molecule has 1 rings (SSSR count). The molecule has 1 nitrogen and oxygen atoms in total. The second-order valence-electron chi connectivity index (χ2n) is 4.69. The number of allylic oxidation sites excluding steroid dienone is 1. The molecule has 0 aromatic rings. The van der Waals surface area contributed by atoms with E-state index in [4.69, 9.17) is 0 Å². The first kappa shape index (κ1) is 15.5. The van der Waals surface area contributed by atoms with Crippen molar-refractivity contribution >= 4 is 23.5 Å². The van der Waals surface area contributed by atoms with E-state index in [2.05, 4.69) is 49.3 Å². The zero-order valence-electron chi connectivity index (χ0n) is 11.3. The predicted octanol–water partition coefficient (Wildman–Crippen LogP) is 3.95. The third kappa shape index (κ3) is 5.71. The van der Waals surface area contributed by atoms with Crippen molar-refractivity contribution in [3.63, 3.8) is 0 Å². The molecule has 1 aliphatic heterocycles. The summed E-state index contributed by atoms with van der Waals surface area (Å²) in [6, 6.07) is 0.697. The zero-order chi connectivity index (χ0) is 12.5. The molecule has 17 heavy (non-hydrogen) atoms. The van der Waals surface area contributed by atoms with Gasteiger partial charge in [0.1, 0.15) is 0 Å². The molecule has 1 saturated heterocycles. The highest BCUT2D eigenvalue weighted by Crippen LogP contribution is 2.34. The van der Waals surface area contributed by atoms with E-state index in [-0.39, 0.29) is 0 Å². The third-order valence-electron chi connectivity index (χ3n) is 3.21. The lowest BCUT2D eigenvalue weighted by Crippen LogP contribution is -2.44. The summed E-state index contributed by atoms with van der Waals surface area (Å²) in [6.07, 6.45) is 7.01. The predicted molar refractivity (Wildman–Crippen MR) is 84.3 cm³/mol. The van der Waals surface area contributed by atoms with E-state index in [0.717, 1.165) is 23.5 Å². The molecule has 0 aliphatic carbocycles. The quantitative estimate of drug-likeness (QED) is 0.531. The monoisotopic (exact) mass is 273 g/mol. The Bertz CT molecular complexity index is 208. The van der Waals surface area contributed by atoms with Crippen molar-refractivity contribution in [3.05, 3.63) is 12.7 Å². The summed E-state index contributed by atoms with van der Waals surface area (Å²) >= 11 is 4.32. The van der Waals surface area contributed by atoms with E-state index >= 15 is 0 Å². The highest BCUT2D eigenvalue weighted by atomic mass is 32.2. The molecule has 0 spiro atoms. The Labute approximate surface area is 116 Å². The van der Waals surface area contributed by atoms with E-state index in [1.165, 1.54) is 30.8 Å². The SMILES string of the molecule is C=CCCCC(NCCC)C1SCCSC1C. The first-order valence-corrected chi connectivity index (χ1v) is 8.96. The van der Waals surface area contributed by atoms with Crippen LogP contribution in [0.15, 0.2) is 12.7 Å². The van der Waals surface area contributed by atoms with Gasteiger partial charge in [0.2, 0.25) is 0 Å². The first-order valence-electron chi connectivity index (χ1n) is 6.87. The summed E-state index contributed by atoms with van der Waals surface area (Å²) in [5.41, 5.74) is 0. The lowest BCUT2D eigenvalue weighted by molar-refractivity contribution is 0.451. The molecular formula is C14H27NS2. The normalized spacial score (nSPS) is 26.7. The smallest absolute Gasteiger partial charge is 0.0317 e. The van der Waals surface area contributed by atoms with Gasteiger partial charge >= 0.3 is 0 Å². The lowest BCUT2D eigenvalue weighted by atomic mass is 10.0. The molecule has 0 radical (unpaired) electrons. The molecule has 0 aromatic carbocycles. The van der Waals surface area contributed by atoms with Gasteiger partial charge in [0.05, 0.1) is 0 Å². The van der Waals surface area contributed by atoms with Crippen molar-refractivity contribution in [3.8, 4) is 0 Å². The van der Waals surface area contributed by atoms with Crippen LogP contribution in [-0.2, 0) is 0 Å². The summed E-state index contributed by atoms with van der Waals surface area (Å²) in [6.45, 7) is 9.63. The third-order valence-corrected chi connectivity index (χ3v) is 6.46. The van der Waals surface area contributed by atoms with Crippen LogP contribution in [0.1, 0.15) is 39.5 Å². The Hall–Kier alpha value is 0.400. The molecule has 0 bridgehead atoms. The van der Waals surface area contributed by atoms with Gasteiger partial charge in [-0.05, 0) is 32.2 Å². The average Bonchev–Trinajstić information content (AvgIpc) is 2.35. The highest BCUT2D eigenvalue weighted by molar-refractivity contribution is 8.07. The number of hydrogen-bond acceptors (Lipinski definition) is 3. The van der Waals surface area contributed by atoms with Gasteiger partial charge < -0.3 is 5.32 Å². The highest BCUT2D eigenvalue weighted by Gasteiger charge is 2.29. The largest absolute Gasteiger partial charge is 0.313 e. The molecular weight excluding hydrogens is 246 g/mol. The van der Waals surface area contributed by atoms with Crippen LogP contribution in [0.2, 0.25) is 0 Å². The number of hydrogen-bond donors (Lipinski definition) is 1. The number of nitrogens with one attached hydrogen (secondary N) is 1. The van der Waals surface area contributed by atoms with Crippen LogP contribution in [0.5, 0.6) is 0 Å². The zero-order valence-corrected chi connectivity index (χ0v) is 12.9. The van der Waals surface area contributed by atoms with Crippen molar-refractivity contribution in [1.29, 1.82) is 0 Å². The van der Waals surface area contributed by atoms with Gasteiger partial charge in [0.25, 0.3) is 0 Å². The van der Waals surface area contributed by atoms with Gasteiger partial charge in [-0.2, -0.15) is 23.5 Å². The maximum absolute atomic E-state index is 3.82. The Kier molecular flexibility index (Phi) is 8.50. The average molecular weight is 274 g/mol. The van der Waals surface area contributed by atoms with Crippen molar-refractivity contribution in [2.45, 2.75) is 56.1 Å². The van der Waals surface area contributed by atoms with Gasteiger partial charge in [-0.25, -0.2) is 0 Å². The molecule has 0 saturated carbocycles. The minimum atomic E-state index is 0.697. The van der Waals surface area contributed by atoms with Crippen molar-refractivity contribution < 1.29 is 0 Å². The number of thioether (sulfide) groups is 2. The molecule has 1 N–H and O–H groups in total. The van der Waals surface area contributed by atoms with Crippen molar-refractivity contribution in [2.75, 3.05) is 18.1 Å². The van der Waals surface area contributed by atoms with Crippen molar-refractivity contribution in [2.24, 2.45) is 0 Å². The van der Waals surface area contributed by atoms with Gasteiger partial charge in [-0.1, -0.05) is 19.9 Å². The van der Waals surface area contributed by atoms with Crippen LogP contribution in [0.25, 0.3) is 0 Å². The minimum Gasteiger partial charge on any atom is -0.313 e. The number of unbranched alkanes of at least 4 members (excludes halogenated alkanes) is 1. The molecule has 3 heteroatoms. The number of rotatable bonds is 8. The minimum absolute atomic E-state index is 0.697. The Balaban J connectivity index is 2.43. The lowest BCUT2D eigenvalue weighted by Gasteiger charge is -2.35. The molecule has 3 atom stereocenters. The van der Waals surface area contributed by atoms with Gasteiger partial charge in [0, 0.05) is 28.0 Å². The molecule has 0 aromatic heterocycles. The van der Waals surface area contributed by atoms with Crippen LogP contribution in [-0.4, -0.2) is 34.6 Å². The summed E-state index contributed by atoms with van der Waals surface area (Å²) in [5, 5.41) is 5.35. The van der Waals surface area contributed by atoms with Crippen LogP contribution in [0, 0.1) is 0 Å². The summed E-state index contributed by atoms with van der Waals surface area (Å²) in [7, 11) is 0. The molecule has 1 aliphatic rings. The fraction of sp³-hybridized carbons (Fsp3) is 0.857. The van der Waals surface area contributed by atoms with E-state index < -0.39 is 0 Å². The van der Waals surface area contributed by atoms with Crippen LogP contribution in [0.4, 0.5) is 0 Å². The fourth-order valence-corrected chi connectivity index (χ4v) is 5.29. The van der Waals surface area contributed by atoms with Crippen LogP contribution < -0.4 is 5.32 Å². The summed E-state index contributed by atoms with van der Waals surface area (Å²) < 4.78 is 0. The van der Waals surface area contributed by atoms with Gasteiger partial charge in [-0.15, -0.1) is 6.58 Å². The fourth-order valence-electron chi connectivity index (χ4n) is 2.29. The van der Waals surface area contributed by atoms with Crippen molar-refractivity contribution in [1.82, 2.24) is 5.32 Å². The standard InChI is InChI=1S/C14H27NS2/c1-4-6-7-8-13(15-9-5-2)14-12(3)16-10-11-17-14/h4,12-15H,1,5-11H2,2-3H3. The Morgan fingerprint density at radius 2 is 2.18 bits per heavy atom. The second kappa shape index (κ2) is 9.35. The van der Waals surface area contributed by atoms with E-state index in [1.54, 1.807) is 0 Å². The molecule has 1 fully saturated rings. The molecule has 1 heterocycles. The Morgan fingerprint density at radius 3 is 2.82 bits per heavy atom. The van der Waals surface area contributed by atoms with E-state index in [1.807, 2.05) is 6.08 Å². The van der Waals surface area contributed by atoms with E-state index in [0.29, 0.717) is 6.04 Å². The molecule has 100 valence electrons. The van der Waals surface area contributed by atoms with Gasteiger partial charge in [0.15, 0.2) is 0 Å². The summed E-state index contributed by atoms with van der Waals surface area (Å²) in [4.78, 5) is 0.